The Labute approximate surface area is 124 Å². The fourth-order valence-corrected chi connectivity index (χ4v) is 2.16. The van der Waals surface area contributed by atoms with Gasteiger partial charge in [0.25, 0.3) is 0 Å². The lowest BCUT2D eigenvalue weighted by Gasteiger charge is -2.26. The van der Waals surface area contributed by atoms with Crippen molar-refractivity contribution in [2.45, 2.75) is 32.7 Å². The van der Waals surface area contributed by atoms with E-state index in [0.29, 0.717) is 5.69 Å². The van der Waals surface area contributed by atoms with E-state index in [1.807, 2.05) is 13.8 Å². The van der Waals surface area contributed by atoms with Crippen LogP contribution in [-0.2, 0) is 0 Å². The fourth-order valence-electron chi connectivity index (χ4n) is 2.16. The molecular formula is C15H22N2O4. The minimum absolute atomic E-state index is 0.0591. The summed E-state index contributed by atoms with van der Waals surface area (Å²) in [6.07, 6.45) is 1.75. The van der Waals surface area contributed by atoms with Crippen molar-refractivity contribution in [3.05, 3.63) is 23.8 Å². The lowest BCUT2D eigenvalue weighted by molar-refractivity contribution is 0.0693. The Hall–Kier alpha value is -2.24. The molecular weight excluding hydrogens is 272 g/mol. The number of hydrogen-bond donors (Lipinski definition) is 2. The molecule has 0 unspecified atom stereocenters. The van der Waals surface area contributed by atoms with Crippen molar-refractivity contribution >= 4 is 17.7 Å². The van der Waals surface area contributed by atoms with Gasteiger partial charge in [-0.3, -0.25) is 0 Å². The van der Waals surface area contributed by atoms with Gasteiger partial charge in [-0.1, -0.05) is 13.8 Å². The zero-order valence-electron chi connectivity index (χ0n) is 12.8. The molecule has 2 N–H and O–H groups in total. The summed E-state index contributed by atoms with van der Waals surface area (Å²) in [6.45, 7) is 4.06. The SMILES string of the molecule is CCC(CC)N(C)C(=O)Nc1ccc(C(=O)O)c(OC)c1. The molecule has 0 heterocycles. The van der Waals surface area contributed by atoms with E-state index in [-0.39, 0.29) is 23.4 Å². The molecule has 21 heavy (non-hydrogen) atoms. The van der Waals surface area contributed by atoms with Crippen molar-refractivity contribution < 1.29 is 19.4 Å². The summed E-state index contributed by atoms with van der Waals surface area (Å²) in [5, 5.41) is 11.8. The Bertz CT molecular complexity index is 512. The van der Waals surface area contributed by atoms with Crippen LogP contribution in [0, 0.1) is 0 Å². The zero-order valence-corrected chi connectivity index (χ0v) is 12.8. The van der Waals surface area contributed by atoms with E-state index in [9.17, 15) is 9.59 Å². The van der Waals surface area contributed by atoms with Crippen LogP contribution < -0.4 is 10.1 Å². The molecule has 0 bridgehead atoms. The van der Waals surface area contributed by atoms with E-state index in [2.05, 4.69) is 5.32 Å². The first-order valence-corrected chi connectivity index (χ1v) is 6.89. The molecule has 6 nitrogen and oxygen atoms in total. The van der Waals surface area contributed by atoms with Crippen molar-refractivity contribution in [1.82, 2.24) is 4.90 Å². The van der Waals surface area contributed by atoms with Gasteiger partial charge >= 0.3 is 12.0 Å². The van der Waals surface area contributed by atoms with Gasteiger partial charge in [0.15, 0.2) is 0 Å². The number of amides is 2. The van der Waals surface area contributed by atoms with Gasteiger partial charge in [0.05, 0.1) is 7.11 Å². The molecule has 0 fully saturated rings. The Morgan fingerprint density at radius 2 is 1.95 bits per heavy atom. The van der Waals surface area contributed by atoms with E-state index in [1.165, 1.54) is 19.2 Å². The molecule has 0 saturated heterocycles. The van der Waals surface area contributed by atoms with Crippen LogP contribution >= 0.6 is 0 Å². The second-order valence-corrected chi connectivity index (χ2v) is 4.73. The molecule has 6 heteroatoms. The number of carboxylic acids is 1. The van der Waals surface area contributed by atoms with Crippen LogP contribution in [0.2, 0.25) is 0 Å². The number of urea groups is 1. The summed E-state index contributed by atoms with van der Waals surface area (Å²) in [6, 6.07) is 4.40. The molecule has 0 saturated carbocycles. The topological polar surface area (TPSA) is 78.9 Å². The highest BCUT2D eigenvalue weighted by molar-refractivity contribution is 5.94. The molecule has 0 atom stereocenters. The number of methoxy groups -OCH3 is 1. The van der Waals surface area contributed by atoms with Gasteiger partial charge in [-0.2, -0.15) is 0 Å². The van der Waals surface area contributed by atoms with Crippen molar-refractivity contribution in [2.24, 2.45) is 0 Å². The number of rotatable bonds is 6. The number of nitrogens with one attached hydrogen (secondary N) is 1. The van der Waals surface area contributed by atoms with Gasteiger partial charge in [0.1, 0.15) is 11.3 Å². The van der Waals surface area contributed by atoms with Gasteiger partial charge < -0.3 is 20.1 Å². The first kappa shape index (κ1) is 16.8. The third-order valence-corrected chi connectivity index (χ3v) is 3.49. The number of carbonyl (C=O) groups excluding carboxylic acids is 1. The third-order valence-electron chi connectivity index (χ3n) is 3.49. The lowest BCUT2D eigenvalue weighted by Crippen LogP contribution is -2.39. The smallest absolute Gasteiger partial charge is 0.339 e. The van der Waals surface area contributed by atoms with Gasteiger partial charge in [-0.15, -0.1) is 0 Å². The Balaban J connectivity index is 2.88. The van der Waals surface area contributed by atoms with E-state index >= 15 is 0 Å². The van der Waals surface area contributed by atoms with Crippen LogP contribution in [0.15, 0.2) is 18.2 Å². The van der Waals surface area contributed by atoms with Crippen LogP contribution in [0.4, 0.5) is 10.5 Å². The molecule has 1 aromatic carbocycles. The summed E-state index contributed by atoms with van der Waals surface area (Å²) in [5.74, 6) is -0.857. The van der Waals surface area contributed by atoms with E-state index < -0.39 is 5.97 Å². The predicted octanol–water partition coefficient (Wildman–Crippen LogP) is 3.05. The molecule has 0 spiro atoms. The monoisotopic (exact) mass is 294 g/mol. The number of carboxylic acid groups (broad SMARTS) is 1. The maximum Gasteiger partial charge on any atom is 0.339 e. The predicted molar refractivity (Wildman–Crippen MR) is 81.1 cm³/mol. The number of carbonyl (C=O) groups is 2. The molecule has 0 aliphatic heterocycles. The Morgan fingerprint density at radius 3 is 2.43 bits per heavy atom. The highest BCUT2D eigenvalue weighted by Crippen LogP contribution is 2.23. The quantitative estimate of drug-likeness (QED) is 0.845. The van der Waals surface area contributed by atoms with Crippen molar-refractivity contribution in [2.75, 3.05) is 19.5 Å². The molecule has 1 rings (SSSR count). The minimum Gasteiger partial charge on any atom is -0.496 e. The largest absolute Gasteiger partial charge is 0.496 e. The van der Waals surface area contributed by atoms with E-state index in [0.717, 1.165) is 12.8 Å². The number of aromatic carboxylic acids is 1. The molecule has 0 radical (unpaired) electrons. The number of nitrogens with zero attached hydrogens (tertiary/aromatic N) is 1. The van der Waals surface area contributed by atoms with Gasteiger partial charge in [-0.05, 0) is 25.0 Å². The van der Waals surface area contributed by atoms with Crippen LogP contribution in [0.1, 0.15) is 37.0 Å². The summed E-state index contributed by atoms with van der Waals surface area (Å²) in [4.78, 5) is 24.8. The zero-order chi connectivity index (χ0) is 16.0. The number of hydrogen-bond acceptors (Lipinski definition) is 3. The number of anilines is 1. The lowest BCUT2D eigenvalue weighted by atomic mass is 10.1. The third kappa shape index (κ3) is 4.11. The fraction of sp³-hybridized carbons (Fsp3) is 0.467. The molecule has 2 amide bonds. The molecule has 1 aromatic rings. The first-order chi connectivity index (χ1) is 9.94. The van der Waals surface area contributed by atoms with E-state index in [4.69, 9.17) is 9.84 Å². The van der Waals surface area contributed by atoms with Crippen LogP contribution in [-0.4, -0.2) is 42.2 Å². The average Bonchev–Trinajstić information content (AvgIpc) is 2.47. The number of ether oxygens (including phenoxy) is 1. The van der Waals surface area contributed by atoms with E-state index in [1.54, 1.807) is 18.0 Å². The average molecular weight is 294 g/mol. The summed E-state index contributed by atoms with van der Waals surface area (Å²) >= 11 is 0. The summed E-state index contributed by atoms with van der Waals surface area (Å²) in [5.41, 5.74) is 0.559. The molecule has 0 aliphatic carbocycles. The summed E-state index contributed by atoms with van der Waals surface area (Å²) in [7, 11) is 3.14. The second-order valence-electron chi connectivity index (χ2n) is 4.73. The molecule has 0 aromatic heterocycles. The molecule has 116 valence electrons. The maximum atomic E-state index is 12.1. The standard InChI is InChI=1S/C15H22N2O4/c1-5-11(6-2)17(3)15(20)16-10-7-8-12(14(18)19)13(9-10)21-4/h7-9,11H,5-6H2,1-4H3,(H,16,20)(H,18,19). The van der Waals surface area contributed by atoms with Gasteiger partial charge in [-0.25, -0.2) is 9.59 Å². The van der Waals surface area contributed by atoms with Crippen molar-refractivity contribution in [3.8, 4) is 5.75 Å². The second kappa shape index (κ2) is 7.52. The summed E-state index contributed by atoms with van der Waals surface area (Å²) < 4.78 is 5.03. The highest BCUT2D eigenvalue weighted by Gasteiger charge is 2.18. The van der Waals surface area contributed by atoms with Crippen molar-refractivity contribution in [3.63, 3.8) is 0 Å². The minimum atomic E-state index is -1.07. The highest BCUT2D eigenvalue weighted by atomic mass is 16.5. The van der Waals surface area contributed by atoms with Crippen LogP contribution in [0.5, 0.6) is 5.75 Å². The van der Waals surface area contributed by atoms with Crippen LogP contribution in [0.3, 0.4) is 0 Å². The van der Waals surface area contributed by atoms with Gasteiger partial charge in [0, 0.05) is 24.8 Å². The maximum absolute atomic E-state index is 12.1. The van der Waals surface area contributed by atoms with Crippen molar-refractivity contribution in [1.29, 1.82) is 0 Å². The normalized spacial score (nSPS) is 10.3. The number of benzene rings is 1. The Morgan fingerprint density at radius 1 is 1.33 bits per heavy atom. The first-order valence-electron chi connectivity index (χ1n) is 6.89. The Kier molecular flexibility index (Phi) is 6.02. The molecule has 0 aliphatic rings. The van der Waals surface area contributed by atoms with Gasteiger partial charge in [0.2, 0.25) is 0 Å². The van der Waals surface area contributed by atoms with Crippen LogP contribution in [0.25, 0.3) is 0 Å².